The second-order valence-electron chi connectivity index (χ2n) is 10.0. The minimum absolute atomic E-state index is 0.0284. The quantitative estimate of drug-likeness (QED) is 0.214. The first-order chi connectivity index (χ1) is 21.0. The van der Waals surface area contributed by atoms with Crippen LogP contribution in [0.4, 0.5) is 20.2 Å². The molecule has 0 heterocycles. The van der Waals surface area contributed by atoms with Gasteiger partial charge in [-0.05, 0) is 96.8 Å². The molecule has 0 radical (unpaired) electrons. The number of carbonyl (C=O) groups excluding carboxylic acids is 4. The first-order valence-corrected chi connectivity index (χ1v) is 14.2. The fourth-order valence-corrected chi connectivity index (χ4v) is 5.67. The molecule has 0 bridgehead atoms. The average Bonchev–Trinajstić information content (AvgIpc) is 3.59. The fourth-order valence-electron chi connectivity index (χ4n) is 5.14. The molecule has 3 N–H and O–H groups in total. The van der Waals surface area contributed by atoms with Crippen molar-refractivity contribution in [2.45, 2.75) is 25.7 Å². The van der Waals surface area contributed by atoms with E-state index in [-0.39, 0.29) is 46.3 Å². The number of aromatic carboxylic acids is 1. The summed E-state index contributed by atoms with van der Waals surface area (Å²) in [6, 6.07) is 16.6. The molecule has 0 aromatic heterocycles. The first-order valence-electron chi connectivity index (χ1n) is 13.4. The maximum Gasteiger partial charge on any atom is 0.335 e. The predicted molar refractivity (Wildman–Crippen MR) is 162 cm³/mol. The van der Waals surface area contributed by atoms with Crippen LogP contribution in [0.5, 0.6) is 0 Å². The van der Waals surface area contributed by atoms with Gasteiger partial charge in [-0.3, -0.25) is 19.2 Å². The van der Waals surface area contributed by atoms with E-state index < -0.39 is 23.5 Å². The average molecular weight is 661 g/mol. The van der Waals surface area contributed by atoms with E-state index in [0.29, 0.717) is 41.6 Å². The van der Waals surface area contributed by atoms with E-state index in [9.17, 15) is 37.9 Å². The molecule has 8 nitrogen and oxygen atoms in total. The molecule has 0 fully saturated rings. The van der Waals surface area contributed by atoms with Gasteiger partial charge in [-0.2, -0.15) is 0 Å². The van der Waals surface area contributed by atoms with Crippen LogP contribution in [0.25, 0.3) is 0 Å². The van der Waals surface area contributed by atoms with Crippen molar-refractivity contribution < 1.29 is 37.9 Å². The van der Waals surface area contributed by atoms with E-state index in [2.05, 4.69) is 26.6 Å². The zero-order chi connectivity index (χ0) is 31.5. The van der Waals surface area contributed by atoms with Crippen molar-refractivity contribution in [2.75, 3.05) is 10.6 Å². The summed E-state index contributed by atoms with van der Waals surface area (Å²) < 4.78 is 26.6. The molecule has 0 saturated carbocycles. The molecule has 0 spiro atoms. The largest absolute Gasteiger partial charge is 0.478 e. The van der Waals surface area contributed by atoms with Gasteiger partial charge in [0.05, 0.1) is 16.9 Å². The van der Waals surface area contributed by atoms with Gasteiger partial charge in [0.15, 0.2) is 11.6 Å². The number of Topliss-reactive ketones (excluding diaryl/α,β-unsaturated/α-hetero) is 2. The standard InChI is InChI=1S/C17H12FNO4.C16H11BrFNO2/c18-10-3-1-9(2-4-10)16(21)19-13-7-5-12(17(22)23)11-6-8-14(20)15(11)13;17-12-6-7-13(15-11(12)5-8-14(15)20)19-16(21)9-1-3-10(18)4-2-9/h1-5,7H,6,8H2,(H,19,21)(H,22,23);1-4,6-7H,5,8H2,(H,19,21). The van der Waals surface area contributed by atoms with Crippen molar-refractivity contribution in [3.63, 3.8) is 0 Å². The Hall–Kier alpha value is -5.03. The molecule has 44 heavy (non-hydrogen) atoms. The number of halogens is 3. The molecule has 4 aromatic rings. The summed E-state index contributed by atoms with van der Waals surface area (Å²) in [5.41, 5.74) is 3.64. The minimum atomic E-state index is -1.10. The van der Waals surface area contributed by atoms with E-state index in [1.54, 1.807) is 6.07 Å². The normalized spacial score (nSPS) is 13.0. The van der Waals surface area contributed by atoms with Crippen LogP contribution >= 0.6 is 15.9 Å². The molecule has 0 saturated heterocycles. The zero-order valence-corrected chi connectivity index (χ0v) is 24.5. The topological polar surface area (TPSA) is 130 Å². The van der Waals surface area contributed by atoms with Gasteiger partial charge >= 0.3 is 5.97 Å². The van der Waals surface area contributed by atoms with E-state index in [4.69, 9.17) is 0 Å². The van der Waals surface area contributed by atoms with Crippen LogP contribution in [0, 0.1) is 11.6 Å². The summed E-state index contributed by atoms with van der Waals surface area (Å²) in [5.74, 6) is -2.98. The maximum atomic E-state index is 12.9. The lowest BCUT2D eigenvalue weighted by atomic mass is 10.0. The molecule has 222 valence electrons. The Morgan fingerprint density at radius 3 is 1.52 bits per heavy atom. The number of hydrogen-bond donors (Lipinski definition) is 3. The lowest BCUT2D eigenvalue weighted by Crippen LogP contribution is -2.15. The Labute approximate surface area is 258 Å². The van der Waals surface area contributed by atoms with Gasteiger partial charge in [0.2, 0.25) is 0 Å². The van der Waals surface area contributed by atoms with Gasteiger partial charge in [-0.15, -0.1) is 0 Å². The lowest BCUT2D eigenvalue weighted by Gasteiger charge is -2.11. The number of anilines is 2. The van der Waals surface area contributed by atoms with E-state index >= 15 is 0 Å². The Balaban J connectivity index is 0.000000175. The fraction of sp³-hybridized carbons (Fsp3) is 0.121. The number of ketones is 2. The third kappa shape index (κ3) is 6.32. The number of rotatable bonds is 5. The smallest absolute Gasteiger partial charge is 0.335 e. The van der Waals surface area contributed by atoms with Gasteiger partial charge in [0.25, 0.3) is 11.8 Å². The molecule has 4 aromatic carbocycles. The van der Waals surface area contributed by atoms with Gasteiger partial charge < -0.3 is 15.7 Å². The second kappa shape index (κ2) is 12.7. The molecule has 11 heteroatoms. The third-order valence-corrected chi connectivity index (χ3v) is 8.01. The Bertz CT molecular complexity index is 1840. The second-order valence-corrected chi connectivity index (χ2v) is 10.9. The number of hydrogen-bond acceptors (Lipinski definition) is 5. The SMILES string of the molecule is O=C(Nc1ccc(Br)c2c1C(=O)CC2)c1ccc(F)cc1.O=C(Nc1ccc(C(=O)O)c2c1C(=O)CC2)c1ccc(F)cc1. The number of carboxylic acids is 1. The van der Waals surface area contributed by atoms with Crippen LogP contribution in [0.1, 0.15) is 75.8 Å². The molecule has 0 unspecified atom stereocenters. The lowest BCUT2D eigenvalue weighted by molar-refractivity contribution is 0.0695. The monoisotopic (exact) mass is 660 g/mol. The molecule has 6 rings (SSSR count). The van der Waals surface area contributed by atoms with Crippen LogP contribution in [0.15, 0.2) is 77.3 Å². The zero-order valence-electron chi connectivity index (χ0n) is 22.9. The van der Waals surface area contributed by atoms with Crippen LogP contribution in [0.3, 0.4) is 0 Å². The van der Waals surface area contributed by atoms with Crippen molar-refractivity contribution in [1.29, 1.82) is 0 Å². The van der Waals surface area contributed by atoms with Gasteiger partial charge in [-0.25, -0.2) is 13.6 Å². The van der Waals surface area contributed by atoms with E-state index in [0.717, 1.165) is 22.2 Å². The maximum absolute atomic E-state index is 12.9. The highest BCUT2D eigenvalue weighted by molar-refractivity contribution is 9.10. The minimum Gasteiger partial charge on any atom is -0.478 e. The van der Waals surface area contributed by atoms with Crippen LogP contribution in [-0.2, 0) is 12.8 Å². The van der Waals surface area contributed by atoms with Gasteiger partial charge in [0, 0.05) is 39.6 Å². The van der Waals surface area contributed by atoms with Crippen molar-refractivity contribution in [3.05, 3.63) is 128 Å². The van der Waals surface area contributed by atoms with Crippen LogP contribution < -0.4 is 10.6 Å². The highest BCUT2D eigenvalue weighted by Gasteiger charge is 2.29. The number of amides is 2. The molecular weight excluding hydrogens is 638 g/mol. The Kier molecular flexibility index (Phi) is 8.77. The van der Waals surface area contributed by atoms with Gasteiger partial charge in [0.1, 0.15) is 11.6 Å². The summed E-state index contributed by atoms with van der Waals surface area (Å²) in [7, 11) is 0. The third-order valence-electron chi connectivity index (χ3n) is 7.27. The number of nitrogens with one attached hydrogen (secondary N) is 2. The Morgan fingerprint density at radius 2 is 1.05 bits per heavy atom. The highest BCUT2D eigenvalue weighted by Crippen LogP contribution is 2.35. The molecule has 2 aliphatic rings. The molecule has 2 amide bonds. The van der Waals surface area contributed by atoms with Crippen molar-refractivity contribution >= 4 is 56.7 Å². The van der Waals surface area contributed by atoms with E-state index in [1.165, 1.54) is 48.5 Å². The number of carbonyl (C=O) groups is 5. The first kappa shape index (κ1) is 30.4. The molecular formula is C33H23BrF2N2O6. The number of benzene rings is 4. The summed E-state index contributed by atoms with van der Waals surface area (Å²) in [5, 5.41) is 14.5. The molecule has 2 aliphatic carbocycles. The van der Waals surface area contributed by atoms with E-state index in [1.807, 2.05) is 6.07 Å². The number of carboxylic acid groups (broad SMARTS) is 1. The predicted octanol–water partition coefficient (Wildman–Crippen LogP) is 6.87. The molecule has 0 atom stereocenters. The summed E-state index contributed by atoms with van der Waals surface area (Å²) in [6.45, 7) is 0. The van der Waals surface area contributed by atoms with Crippen molar-refractivity contribution in [3.8, 4) is 0 Å². The van der Waals surface area contributed by atoms with Crippen molar-refractivity contribution in [1.82, 2.24) is 0 Å². The van der Waals surface area contributed by atoms with Crippen LogP contribution in [0.2, 0.25) is 0 Å². The summed E-state index contributed by atoms with van der Waals surface area (Å²) in [6.07, 6.45) is 1.70. The van der Waals surface area contributed by atoms with Gasteiger partial charge in [-0.1, -0.05) is 15.9 Å². The summed E-state index contributed by atoms with van der Waals surface area (Å²) in [4.78, 5) is 59.6. The molecule has 0 aliphatic heterocycles. The van der Waals surface area contributed by atoms with Crippen molar-refractivity contribution in [2.24, 2.45) is 0 Å². The highest BCUT2D eigenvalue weighted by atomic mass is 79.9. The number of fused-ring (bicyclic) bond motifs is 2. The summed E-state index contributed by atoms with van der Waals surface area (Å²) >= 11 is 3.42. The Morgan fingerprint density at radius 1 is 0.614 bits per heavy atom. The van der Waals surface area contributed by atoms with Crippen LogP contribution in [-0.4, -0.2) is 34.5 Å².